The maximum absolute atomic E-state index is 12.5. The average molecular weight is 411 g/mol. The molecule has 0 spiro atoms. The second-order valence-corrected chi connectivity index (χ2v) is 8.20. The van der Waals surface area contributed by atoms with Gasteiger partial charge in [0.25, 0.3) is 5.91 Å². The van der Waals surface area contributed by atoms with E-state index >= 15 is 0 Å². The zero-order chi connectivity index (χ0) is 22.3. The van der Waals surface area contributed by atoms with Gasteiger partial charge in [0.05, 0.1) is 5.56 Å². The molecule has 0 aliphatic carbocycles. The average Bonchev–Trinajstić information content (AvgIpc) is 2.66. The van der Waals surface area contributed by atoms with E-state index in [9.17, 15) is 14.4 Å². The molecule has 0 bridgehead atoms. The number of carbonyl (C=O) groups excluding carboxylic acids is 3. The zero-order valence-electron chi connectivity index (χ0n) is 18.3. The molecule has 0 saturated heterocycles. The Balaban J connectivity index is 2.09. The lowest BCUT2D eigenvalue weighted by Crippen LogP contribution is -2.23. The molecule has 0 aromatic heterocycles. The van der Waals surface area contributed by atoms with Gasteiger partial charge in [-0.15, -0.1) is 0 Å². The highest BCUT2D eigenvalue weighted by atomic mass is 16.5. The van der Waals surface area contributed by atoms with Gasteiger partial charge in [-0.1, -0.05) is 45.9 Å². The van der Waals surface area contributed by atoms with E-state index in [1.165, 1.54) is 6.92 Å². The van der Waals surface area contributed by atoms with Crippen molar-refractivity contribution >= 4 is 29.0 Å². The van der Waals surface area contributed by atoms with Gasteiger partial charge in [-0.2, -0.15) is 0 Å². The zero-order valence-corrected chi connectivity index (χ0v) is 18.3. The number of amides is 2. The molecule has 2 aromatic carbocycles. The maximum Gasteiger partial charge on any atom is 0.262 e. The Bertz CT molecular complexity index is 929. The number of rotatable bonds is 8. The lowest BCUT2D eigenvalue weighted by atomic mass is 9.86. The van der Waals surface area contributed by atoms with E-state index in [4.69, 9.17) is 4.74 Å². The number of hydrogen-bond acceptors (Lipinski definition) is 4. The van der Waals surface area contributed by atoms with Crippen molar-refractivity contribution in [1.82, 2.24) is 0 Å². The number of para-hydroxylation sites is 1. The molecule has 2 amide bonds. The standard InChI is InChI=1S/C24H30N2O4/c1-6-9-22(28)25-17-12-13-21(18(14-17)16(2)27)30-15-23(29)26-20-11-8-7-10-19(20)24(3,4)5/h7-8,10-14H,6,9,15H2,1-5H3,(H,25,28)(H,26,29). The molecule has 6 nitrogen and oxygen atoms in total. The van der Waals surface area contributed by atoms with E-state index < -0.39 is 0 Å². The topological polar surface area (TPSA) is 84.5 Å². The fourth-order valence-electron chi connectivity index (χ4n) is 3.03. The Kier molecular flexibility index (Phi) is 7.75. The van der Waals surface area contributed by atoms with Gasteiger partial charge >= 0.3 is 0 Å². The molecule has 2 rings (SSSR count). The van der Waals surface area contributed by atoms with Crippen molar-refractivity contribution in [3.05, 3.63) is 53.6 Å². The van der Waals surface area contributed by atoms with Crippen LogP contribution in [0.15, 0.2) is 42.5 Å². The monoisotopic (exact) mass is 410 g/mol. The quantitative estimate of drug-likeness (QED) is 0.604. The SMILES string of the molecule is CCCC(=O)Nc1ccc(OCC(=O)Nc2ccccc2C(C)(C)C)c(C(C)=O)c1. The lowest BCUT2D eigenvalue weighted by Gasteiger charge is -2.23. The van der Waals surface area contributed by atoms with E-state index in [-0.39, 0.29) is 29.6 Å². The molecule has 6 heteroatoms. The van der Waals surface area contributed by atoms with Crippen LogP contribution in [0.1, 0.15) is 63.4 Å². The van der Waals surface area contributed by atoms with Crippen LogP contribution in [0.2, 0.25) is 0 Å². The Morgan fingerprint density at radius 2 is 1.67 bits per heavy atom. The third-order valence-electron chi connectivity index (χ3n) is 4.49. The summed E-state index contributed by atoms with van der Waals surface area (Å²) in [5.74, 6) is -0.343. The van der Waals surface area contributed by atoms with Crippen LogP contribution < -0.4 is 15.4 Å². The highest BCUT2D eigenvalue weighted by Gasteiger charge is 2.19. The molecular formula is C24H30N2O4. The number of nitrogens with one attached hydrogen (secondary N) is 2. The highest BCUT2D eigenvalue weighted by molar-refractivity contribution is 5.99. The molecule has 0 heterocycles. The van der Waals surface area contributed by atoms with Crippen molar-refractivity contribution in [3.8, 4) is 5.75 Å². The van der Waals surface area contributed by atoms with Crippen molar-refractivity contribution < 1.29 is 19.1 Å². The van der Waals surface area contributed by atoms with Gasteiger partial charge in [0.2, 0.25) is 5.91 Å². The van der Waals surface area contributed by atoms with Crippen LogP contribution in [0.3, 0.4) is 0 Å². The molecular weight excluding hydrogens is 380 g/mol. The van der Waals surface area contributed by atoms with E-state index in [1.54, 1.807) is 18.2 Å². The first-order valence-corrected chi connectivity index (χ1v) is 10.1. The first-order valence-electron chi connectivity index (χ1n) is 10.1. The molecule has 0 aliphatic heterocycles. The third kappa shape index (κ3) is 6.44. The fraction of sp³-hybridized carbons (Fsp3) is 0.375. The summed E-state index contributed by atoms with van der Waals surface area (Å²) in [6.07, 6.45) is 1.14. The Hall–Kier alpha value is -3.15. The second kappa shape index (κ2) is 10.1. The van der Waals surface area contributed by atoms with Crippen molar-refractivity contribution in [2.24, 2.45) is 0 Å². The summed E-state index contributed by atoms with van der Waals surface area (Å²) in [6.45, 7) is 9.33. The largest absolute Gasteiger partial charge is 0.483 e. The van der Waals surface area contributed by atoms with Crippen LogP contribution in [0.4, 0.5) is 11.4 Å². The molecule has 160 valence electrons. The van der Waals surface area contributed by atoms with Gasteiger partial charge < -0.3 is 15.4 Å². The predicted molar refractivity (Wildman–Crippen MR) is 119 cm³/mol. The molecule has 30 heavy (non-hydrogen) atoms. The minimum absolute atomic E-state index is 0.113. The molecule has 0 radical (unpaired) electrons. The number of anilines is 2. The number of hydrogen-bond donors (Lipinski definition) is 2. The van der Waals surface area contributed by atoms with Gasteiger partial charge in [-0.25, -0.2) is 0 Å². The maximum atomic E-state index is 12.5. The van der Waals surface area contributed by atoms with Gasteiger partial charge in [-0.3, -0.25) is 14.4 Å². The molecule has 0 atom stereocenters. The summed E-state index contributed by atoms with van der Waals surface area (Å²) in [6, 6.07) is 12.5. The normalized spacial score (nSPS) is 11.0. The van der Waals surface area contributed by atoms with Crippen LogP contribution in [-0.2, 0) is 15.0 Å². The van der Waals surface area contributed by atoms with Crippen LogP contribution in [0, 0.1) is 0 Å². The summed E-state index contributed by atoms with van der Waals surface area (Å²) in [5.41, 5.74) is 2.47. The van der Waals surface area contributed by atoms with E-state index in [2.05, 4.69) is 31.4 Å². The number of Topliss-reactive ketones (excluding diaryl/α,β-unsaturated/α-hetero) is 1. The van der Waals surface area contributed by atoms with Gasteiger partial charge in [0.1, 0.15) is 5.75 Å². The summed E-state index contributed by atoms with van der Waals surface area (Å²) in [7, 11) is 0. The summed E-state index contributed by atoms with van der Waals surface area (Å²) >= 11 is 0. The Labute approximate surface area is 178 Å². The minimum Gasteiger partial charge on any atom is -0.483 e. The van der Waals surface area contributed by atoms with E-state index in [1.807, 2.05) is 31.2 Å². The molecule has 2 aromatic rings. The highest BCUT2D eigenvalue weighted by Crippen LogP contribution is 2.29. The number of carbonyl (C=O) groups is 3. The molecule has 0 aliphatic rings. The summed E-state index contributed by atoms with van der Waals surface area (Å²) in [4.78, 5) is 36.3. The van der Waals surface area contributed by atoms with Gasteiger partial charge in [0, 0.05) is 17.8 Å². The molecule has 2 N–H and O–H groups in total. The molecule has 0 unspecified atom stereocenters. The van der Waals surface area contributed by atoms with Crippen molar-refractivity contribution in [2.45, 2.75) is 52.9 Å². The van der Waals surface area contributed by atoms with Crippen molar-refractivity contribution in [1.29, 1.82) is 0 Å². The number of benzene rings is 2. The number of ketones is 1. The first-order chi connectivity index (χ1) is 14.1. The third-order valence-corrected chi connectivity index (χ3v) is 4.49. The predicted octanol–water partition coefficient (Wildman–Crippen LogP) is 4.94. The minimum atomic E-state index is -0.318. The summed E-state index contributed by atoms with van der Waals surface area (Å²) in [5, 5.41) is 5.64. The van der Waals surface area contributed by atoms with Crippen molar-refractivity contribution in [3.63, 3.8) is 0 Å². The molecule has 0 saturated carbocycles. The van der Waals surface area contributed by atoms with Gasteiger partial charge in [0.15, 0.2) is 12.4 Å². The first kappa shape index (κ1) is 23.1. The second-order valence-electron chi connectivity index (χ2n) is 8.20. The Morgan fingerprint density at radius 1 is 0.967 bits per heavy atom. The lowest BCUT2D eigenvalue weighted by molar-refractivity contribution is -0.118. The molecule has 0 fully saturated rings. The van der Waals surface area contributed by atoms with Gasteiger partial charge in [-0.05, 0) is 48.6 Å². The Morgan fingerprint density at radius 3 is 2.30 bits per heavy atom. The van der Waals surface area contributed by atoms with E-state index in [0.29, 0.717) is 23.4 Å². The van der Waals surface area contributed by atoms with Crippen LogP contribution in [0.5, 0.6) is 5.75 Å². The van der Waals surface area contributed by atoms with E-state index in [0.717, 1.165) is 17.7 Å². The van der Waals surface area contributed by atoms with Crippen LogP contribution >= 0.6 is 0 Å². The van der Waals surface area contributed by atoms with Crippen LogP contribution in [0.25, 0.3) is 0 Å². The fourth-order valence-corrected chi connectivity index (χ4v) is 3.03. The number of ether oxygens (including phenoxy) is 1. The smallest absolute Gasteiger partial charge is 0.262 e. The van der Waals surface area contributed by atoms with Crippen molar-refractivity contribution in [2.75, 3.05) is 17.2 Å². The van der Waals surface area contributed by atoms with Crippen LogP contribution in [-0.4, -0.2) is 24.2 Å². The summed E-state index contributed by atoms with van der Waals surface area (Å²) < 4.78 is 5.62.